The first kappa shape index (κ1) is 19.7. The van der Waals surface area contributed by atoms with Crippen LogP contribution in [0.1, 0.15) is 75.3 Å². The molecule has 5 heteroatoms. The van der Waals surface area contributed by atoms with E-state index >= 15 is 0 Å². The van der Waals surface area contributed by atoms with Crippen molar-refractivity contribution in [1.82, 2.24) is 0 Å². The number of thiophene rings is 1. The number of aliphatic carboxylic acids is 2. The van der Waals surface area contributed by atoms with Gasteiger partial charge in [0.1, 0.15) is 0 Å². The lowest BCUT2D eigenvalue weighted by molar-refractivity contribution is -0.138. The predicted molar refractivity (Wildman–Crippen MR) is 93.6 cm³/mol. The molecule has 0 amide bonds. The third kappa shape index (κ3) is 5.34. The zero-order valence-electron chi connectivity index (χ0n) is 14.9. The van der Waals surface area contributed by atoms with Gasteiger partial charge in [0.2, 0.25) is 0 Å². The first-order valence-electron chi connectivity index (χ1n) is 7.93. The lowest BCUT2D eigenvalue weighted by atomic mass is 9.84. The van der Waals surface area contributed by atoms with Crippen molar-refractivity contribution in [3.63, 3.8) is 0 Å². The average molecular weight is 340 g/mol. The zero-order chi connectivity index (χ0) is 18.0. The van der Waals surface area contributed by atoms with Gasteiger partial charge in [-0.1, -0.05) is 41.5 Å². The van der Waals surface area contributed by atoms with Crippen molar-refractivity contribution in [3.8, 4) is 0 Å². The van der Waals surface area contributed by atoms with Crippen molar-refractivity contribution in [1.29, 1.82) is 0 Å². The molecule has 130 valence electrons. The van der Waals surface area contributed by atoms with Crippen molar-refractivity contribution in [2.75, 3.05) is 0 Å². The number of rotatable bonds is 6. The van der Waals surface area contributed by atoms with Crippen LogP contribution < -0.4 is 0 Å². The van der Waals surface area contributed by atoms with E-state index < -0.39 is 11.9 Å². The molecule has 0 saturated carbocycles. The van der Waals surface area contributed by atoms with Crippen LogP contribution in [0.4, 0.5) is 0 Å². The number of carboxylic acids is 2. The molecule has 2 N–H and O–H groups in total. The molecule has 0 aromatic carbocycles. The summed E-state index contributed by atoms with van der Waals surface area (Å²) in [6, 6.07) is 0. The smallest absolute Gasteiger partial charge is 0.303 e. The van der Waals surface area contributed by atoms with Crippen LogP contribution in [0.15, 0.2) is 0 Å². The van der Waals surface area contributed by atoms with Crippen LogP contribution in [0.2, 0.25) is 0 Å². The lowest BCUT2D eigenvalue weighted by Gasteiger charge is -2.19. The summed E-state index contributed by atoms with van der Waals surface area (Å²) in [4.78, 5) is 24.4. The molecule has 0 radical (unpaired) electrons. The van der Waals surface area contributed by atoms with E-state index in [1.54, 1.807) is 11.3 Å². The largest absolute Gasteiger partial charge is 0.481 e. The van der Waals surface area contributed by atoms with Gasteiger partial charge in [-0.3, -0.25) is 9.59 Å². The van der Waals surface area contributed by atoms with Crippen LogP contribution in [0.5, 0.6) is 0 Å². The minimum atomic E-state index is -0.822. The van der Waals surface area contributed by atoms with Crippen LogP contribution in [-0.2, 0) is 33.3 Å². The Labute approximate surface area is 142 Å². The van der Waals surface area contributed by atoms with Crippen molar-refractivity contribution < 1.29 is 19.8 Å². The zero-order valence-corrected chi connectivity index (χ0v) is 15.8. The van der Waals surface area contributed by atoms with Gasteiger partial charge in [-0.15, -0.1) is 11.3 Å². The van der Waals surface area contributed by atoms with Crippen LogP contribution in [0.3, 0.4) is 0 Å². The second-order valence-electron chi connectivity index (χ2n) is 8.00. The van der Waals surface area contributed by atoms with Crippen LogP contribution in [-0.4, -0.2) is 22.2 Å². The first-order valence-corrected chi connectivity index (χ1v) is 8.74. The number of hydrogen-bond donors (Lipinski definition) is 2. The van der Waals surface area contributed by atoms with Crippen molar-refractivity contribution in [2.45, 2.75) is 78.1 Å². The average Bonchev–Trinajstić information content (AvgIpc) is 2.71. The van der Waals surface area contributed by atoms with E-state index in [0.717, 1.165) is 11.1 Å². The van der Waals surface area contributed by atoms with Gasteiger partial charge in [-0.05, 0) is 34.8 Å². The van der Waals surface area contributed by atoms with E-state index in [4.69, 9.17) is 10.2 Å². The van der Waals surface area contributed by atoms with Crippen molar-refractivity contribution in [3.05, 3.63) is 20.9 Å². The molecular formula is C18H28O4S. The molecular weight excluding hydrogens is 312 g/mol. The van der Waals surface area contributed by atoms with E-state index in [2.05, 4.69) is 41.5 Å². The Bertz CT molecular complexity index is 535. The maximum atomic E-state index is 11.0. The second-order valence-corrected chi connectivity index (χ2v) is 9.03. The molecule has 0 aliphatic carbocycles. The molecule has 1 aromatic rings. The van der Waals surface area contributed by atoms with Gasteiger partial charge in [0.05, 0.1) is 0 Å². The summed E-state index contributed by atoms with van der Waals surface area (Å²) in [7, 11) is 0. The molecule has 1 aromatic heterocycles. The third-order valence-corrected chi connectivity index (χ3v) is 5.78. The van der Waals surface area contributed by atoms with Gasteiger partial charge in [-0.25, -0.2) is 0 Å². The molecule has 23 heavy (non-hydrogen) atoms. The fourth-order valence-corrected chi connectivity index (χ4v) is 4.22. The van der Waals surface area contributed by atoms with E-state index in [1.807, 2.05) is 0 Å². The van der Waals surface area contributed by atoms with Crippen molar-refractivity contribution in [2.24, 2.45) is 0 Å². The Kier molecular flexibility index (Phi) is 6.02. The second kappa shape index (κ2) is 7.04. The highest BCUT2D eigenvalue weighted by Gasteiger charge is 2.30. The van der Waals surface area contributed by atoms with Crippen LogP contribution in [0.25, 0.3) is 0 Å². The van der Waals surface area contributed by atoms with Gasteiger partial charge in [0, 0.05) is 22.6 Å². The monoisotopic (exact) mass is 340 g/mol. The van der Waals surface area contributed by atoms with E-state index in [9.17, 15) is 9.59 Å². The highest BCUT2D eigenvalue weighted by Crippen LogP contribution is 2.43. The Morgan fingerprint density at radius 2 is 1.09 bits per heavy atom. The molecule has 0 fully saturated rings. The summed E-state index contributed by atoms with van der Waals surface area (Å²) in [6.07, 6.45) is 1.07. The summed E-state index contributed by atoms with van der Waals surface area (Å²) in [5.41, 5.74) is 1.94. The quantitative estimate of drug-likeness (QED) is 0.806. The summed E-state index contributed by atoms with van der Waals surface area (Å²) < 4.78 is 0. The summed E-state index contributed by atoms with van der Waals surface area (Å²) in [6.45, 7) is 12.7. The van der Waals surface area contributed by atoms with Gasteiger partial charge >= 0.3 is 11.9 Å². The number of carbonyl (C=O) groups is 2. The molecule has 4 nitrogen and oxygen atoms in total. The van der Waals surface area contributed by atoms with E-state index in [1.165, 1.54) is 9.75 Å². The number of hydrogen-bond acceptors (Lipinski definition) is 3. The molecule has 0 spiro atoms. The van der Waals surface area contributed by atoms with Crippen molar-refractivity contribution >= 4 is 23.3 Å². The standard InChI is InChI=1S/C18H28O4S/c1-17(2,3)15-11(7-9-13(19)20)12(8-10-14(21)22)16(23-15)18(4,5)6/h7-10H2,1-6H3,(H,19,20)(H,21,22). The molecule has 0 aliphatic heterocycles. The maximum Gasteiger partial charge on any atom is 0.303 e. The predicted octanol–water partition coefficient (Wildman–Crippen LogP) is 4.38. The summed E-state index contributed by atoms with van der Waals surface area (Å²) in [5.74, 6) is -1.64. The molecule has 0 aliphatic rings. The molecule has 0 atom stereocenters. The van der Waals surface area contributed by atoms with Gasteiger partial charge < -0.3 is 10.2 Å². The molecule has 1 rings (SSSR count). The molecule has 0 unspecified atom stereocenters. The molecule has 0 saturated heterocycles. The fourth-order valence-electron chi connectivity index (χ4n) is 2.70. The maximum absolute atomic E-state index is 11.0. The Morgan fingerprint density at radius 1 is 0.783 bits per heavy atom. The SMILES string of the molecule is CC(C)(C)c1sc(C(C)(C)C)c(CCC(=O)O)c1CCC(=O)O. The fraction of sp³-hybridized carbons (Fsp3) is 0.667. The van der Waals surface area contributed by atoms with Gasteiger partial charge in [0.15, 0.2) is 0 Å². The van der Waals surface area contributed by atoms with E-state index in [0.29, 0.717) is 12.8 Å². The van der Waals surface area contributed by atoms with Gasteiger partial charge in [-0.2, -0.15) is 0 Å². The topological polar surface area (TPSA) is 74.6 Å². The first-order chi connectivity index (χ1) is 10.3. The Balaban J connectivity index is 3.46. The third-order valence-electron chi connectivity index (χ3n) is 3.66. The summed E-state index contributed by atoms with van der Waals surface area (Å²) >= 11 is 1.72. The highest BCUT2D eigenvalue weighted by atomic mass is 32.1. The number of carboxylic acid groups (broad SMARTS) is 2. The van der Waals surface area contributed by atoms with E-state index in [-0.39, 0.29) is 23.7 Å². The summed E-state index contributed by atoms with van der Waals surface area (Å²) in [5, 5.41) is 18.1. The minimum absolute atomic E-state index is 0.0729. The van der Waals surface area contributed by atoms with Crippen LogP contribution in [0, 0.1) is 0 Å². The minimum Gasteiger partial charge on any atom is -0.481 e. The van der Waals surface area contributed by atoms with Crippen LogP contribution >= 0.6 is 11.3 Å². The normalized spacial score (nSPS) is 12.4. The Hall–Kier alpha value is -1.36. The Morgan fingerprint density at radius 3 is 1.30 bits per heavy atom. The molecule has 1 heterocycles. The van der Waals surface area contributed by atoms with Gasteiger partial charge in [0.25, 0.3) is 0 Å². The lowest BCUT2D eigenvalue weighted by Crippen LogP contribution is -2.14. The highest BCUT2D eigenvalue weighted by molar-refractivity contribution is 7.12. The molecule has 0 bridgehead atoms.